The van der Waals surface area contributed by atoms with Gasteiger partial charge in [0, 0.05) is 12.4 Å². The molecule has 2 aromatic heterocycles. The van der Waals surface area contributed by atoms with Crippen LogP contribution in [0.5, 0.6) is 0 Å². The molecule has 0 amide bonds. The Kier molecular flexibility index (Phi) is 2.76. The van der Waals surface area contributed by atoms with Gasteiger partial charge in [-0.2, -0.15) is 10.4 Å². The Morgan fingerprint density at radius 2 is 2.18 bits per heavy atom. The van der Waals surface area contributed by atoms with Crippen molar-refractivity contribution in [2.24, 2.45) is 0 Å². The standard InChI is InChI=1S/C9H7N5O2S/c10-3-7-1-2-9(6-11-7)17(15,16)14-8-4-12-13-5-8/h1-2,4-6,14H,(H,12,13). The molecule has 0 aromatic carbocycles. The van der Waals surface area contributed by atoms with Gasteiger partial charge in [0.2, 0.25) is 0 Å². The maximum atomic E-state index is 11.8. The lowest BCUT2D eigenvalue weighted by Gasteiger charge is -2.04. The lowest BCUT2D eigenvalue weighted by molar-refractivity contribution is 0.601. The molecule has 0 aliphatic carbocycles. The van der Waals surface area contributed by atoms with E-state index in [0.29, 0.717) is 5.69 Å². The van der Waals surface area contributed by atoms with E-state index in [-0.39, 0.29) is 10.6 Å². The summed E-state index contributed by atoms with van der Waals surface area (Å²) in [5, 5.41) is 14.7. The van der Waals surface area contributed by atoms with E-state index in [2.05, 4.69) is 19.9 Å². The van der Waals surface area contributed by atoms with Gasteiger partial charge in [0.1, 0.15) is 16.7 Å². The molecule has 0 aliphatic heterocycles. The minimum Gasteiger partial charge on any atom is -0.284 e. The van der Waals surface area contributed by atoms with E-state index in [0.717, 1.165) is 6.20 Å². The lowest BCUT2D eigenvalue weighted by atomic mass is 10.4. The topological polar surface area (TPSA) is 112 Å². The average Bonchev–Trinajstić information content (AvgIpc) is 2.81. The van der Waals surface area contributed by atoms with Gasteiger partial charge in [-0.3, -0.25) is 9.82 Å². The highest BCUT2D eigenvalue weighted by atomic mass is 32.2. The summed E-state index contributed by atoms with van der Waals surface area (Å²) in [7, 11) is -3.69. The molecule has 0 saturated carbocycles. The predicted octanol–water partition coefficient (Wildman–Crippen LogP) is 0.477. The van der Waals surface area contributed by atoms with Crippen LogP contribution in [0.3, 0.4) is 0 Å². The molecule has 2 aromatic rings. The summed E-state index contributed by atoms with van der Waals surface area (Å²) in [5.74, 6) is 0. The third kappa shape index (κ3) is 2.40. The van der Waals surface area contributed by atoms with Crippen molar-refractivity contribution in [1.29, 1.82) is 5.26 Å². The minimum absolute atomic E-state index is 0.0160. The number of sulfonamides is 1. The number of H-pyrrole nitrogens is 1. The van der Waals surface area contributed by atoms with Crippen LogP contribution in [-0.4, -0.2) is 23.6 Å². The van der Waals surface area contributed by atoms with Gasteiger partial charge in [-0.05, 0) is 12.1 Å². The van der Waals surface area contributed by atoms with Gasteiger partial charge in [0.05, 0.1) is 11.9 Å². The number of pyridine rings is 1. The SMILES string of the molecule is N#Cc1ccc(S(=O)(=O)Nc2cn[nH]c2)cn1. The van der Waals surface area contributed by atoms with E-state index in [9.17, 15) is 8.42 Å². The number of anilines is 1. The molecule has 0 radical (unpaired) electrons. The Hall–Kier alpha value is -2.40. The number of nitriles is 1. The molecular weight excluding hydrogens is 242 g/mol. The van der Waals surface area contributed by atoms with Crippen LogP contribution in [0.1, 0.15) is 5.69 Å². The molecule has 0 bridgehead atoms. The maximum Gasteiger partial charge on any atom is 0.263 e. The quantitative estimate of drug-likeness (QED) is 0.821. The van der Waals surface area contributed by atoms with E-state index >= 15 is 0 Å². The fraction of sp³-hybridized carbons (Fsp3) is 0. The number of rotatable bonds is 3. The largest absolute Gasteiger partial charge is 0.284 e. The summed E-state index contributed by atoms with van der Waals surface area (Å²) in [5.41, 5.74) is 0.488. The van der Waals surface area contributed by atoms with E-state index in [1.807, 2.05) is 6.07 Å². The van der Waals surface area contributed by atoms with Crippen LogP contribution in [0.15, 0.2) is 35.6 Å². The van der Waals surface area contributed by atoms with Crippen LogP contribution in [-0.2, 0) is 10.0 Å². The van der Waals surface area contributed by atoms with Gasteiger partial charge in [-0.1, -0.05) is 0 Å². The van der Waals surface area contributed by atoms with Crippen LogP contribution in [0.2, 0.25) is 0 Å². The van der Waals surface area contributed by atoms with Crippen LogP contribution in [0, 0.1) is 11.3 Å². The second-order valence-corrected chi connectivity index (χ2v) is 4.77. The molecule has 86 valence electrons. The van der Waals surface area contributed by atoms with E-state index in [4.69, 9.17) is 5.26 Å². The number of aromatic nitrogens is 3. The molecule has 8 heteroatoms. The smallest absolute Gasteiger partial charge is 0.263 e. The number of hydrogen-bond donors (Lipinski definition) is 2. The monoisotopic (exact) mass is 249 g/mol. The Balaban J connectivity index is 2.29. The highest BCUT2D eigenvalue weighted by molar-refractivity contribution is 7.92. The Labute approximate surface area is 97.2 Å². The molecule has 17 heavy (non-hydrogen) atoms. The highest BCUT2D eigenvalue weighted by Crippen LogP contribution is 2.13. The summed E-state index contributed by atoms with van der Waals surface area (Å²) in [6.45, 7) is 0. The van der Waals surface area contributed by atoms with Crippen molar-refractivity contribution in [1.82, 2.24) is 15.2 Å². The maximum absolute atomic E-state index is 11.8. The van der Waals surface area contributed by atoms with Gasteiger partial charge in [-0.25, -0.2) is 13.4 Å². The van der Waals surface area contributed by atoms with E-state index in [1.54, 1.807) is 0 Å². The van der Waals surface area contributed by atoms with Crippen molar-refractivity contribution in [2.45, 2.75) is 4.90 Å². The van der Waals surface area contributed by atoms with Gasteiger partial charge in [-0.15, -0.1) is 0 Å². The molecule has 7 nitrogen and oxygen atoms in total. The van der Waals surface area contributed by atoms with Crippen molar-refractivity contribution in [3.05, 3.63) is 36.4 Å². The van der Waals surface area contributed by atoms with Crippen LogP contribution in [0.4, 0.5) is 5.69 Å². The molecule has 0 aliphatic rings. The summed E-state index contributed by atoms with van der Waals surface area (Å²) in [6, 6.07) is 4.46. The van der Waals surface area contributed by atoms with Gasteiger partial charge in [0.15, 0.2) is 0 Å². The van der Waals surface area contributed by atoms with Gasteiger partial charge >= 0.3 is 0 Å². The normalized spacial score (nSPS) is 10.8. The molecule has 0 unspecified atom stereocenters. The molecule has 0 fully saturated rings. The number of nitrogens with zero attached hydrogens (tertiary/aromatic N) is 3. The second kappa shape index (κ2) is 4.23. The van der Waals surface area contributed by atoms with Crippen molar-refractivity contribution in [3.63, 3.8) is 0 Å². The third-order valence-corrected chi connectivity index (χ3v) is 3.28. The zero-order valence-electron chi connectivity index (χ0n) is 8.45. The Morgan fingerprint density at radius 3 is 2.71 bits per heavy atom. The van der Waals surface area contributed by atoms with Gasteiger partial charge < -0.3 is 0 Å². The average molecular weight is 249 g/mol. The summed E-state index contributed by atoms with van der Waals surface area (Å²) in [4.78, 5) is 3.67. The van der Waals surface area contributed by atoms with Gasteiger partial charge in [0.25, 0.3) is 10.0 Å². The first-order valence-electron chi connectivity index (χ1n) is 4.49. The highest BCUT2D eigenvalue weighted by Gasteiger charge is 2.14. The van der Waals surface area contributed by atoms with Crippen LogP contribution < -0.4 is 4.72 Å². The summed E-state index contributed by atoms with van der Waals surface area (Å²) >= 11 is 0. The Morgan fingerprint density at radius 1 is 1.35 bits per heavy atom. The molecule has 0 saturated heterocycles. The minimum atomic E-state index is -3.69. The second-order valence-electron chi connectivity index (χ2n) is 3.08. The number of hydrogen-bond acceptors (Lipinski definition) is 5. The van der Waals surface area contributed by atoms with Crippen molar-refractivity contribution >= 4 is 15.7 Å². The zero-order valence-corrected chi connectivity index (χ0v) is 9.27. The molecule has 2 N–H and O–H groups in total. The summed E-state index contributed by atoms with van der Waals surface area (Å²) < 4.78 is 26.0. The number of aromatic amines is 1. The van der Waals surface area contributed by atoms with Crippen molar-refractivity contribution < 1.29 is 8.42 Å². The lowest BCUT2D eigenvalue weighted by Crippen LogP contribution is -2.12. The molecule has 0 spiro atoms. The molecule has 2 heterocycles. The van der Waals surface area contributed by atoms with Crippen molar-refractivity contribution in [2.75, 3.05) is 4.72 Å². The number of nitrogens with one attached hydrogen (secondary N) is 2. The molecular formula is C9H7N5O2S. The van der Waals surface area contributed by atoms with E-state index < -0.39 is 10.0 Å². The third-order valence-electron chi connectivity index (χ3n) is 1.91. The first-order valence-corrected chi connectivity index (χ1v) is 5.98. The van der Waals surface area contributed by atoms with Crippen LogP contribution >= 0.6 is 0 Å². The van der Waals surface area contributed by atoms with Crippen LogP contribution in [0.25, 0.3) is 0 Å². The van der Waals surface area contributed by atoms with Crippen molar-refractivity contribution in [3.8, 4) is 6.07 Å². The fourth-order valence-electron chi connectivity index (χ4n) is 1.13. The first-order chi connectivity index (χ1) is 8.12. The summed E-state index contributed by atoms with van der Waals surface area (Å²) in [6.07, 6.45) is 3.88. The molecule has 0 atom stereocenters. The Bertz CT molecular complexity index is 640. The van der Waals surface area contributed by atoms with E-state index in [1.165, 1.54) is 24.5 Å². The molecule has 2 rings (SSSR count). The first kappa shape index (κ1) is 11.1. The predicted molar refractivity (Wildman–Crippen MR) is 58.3 cm³/mol. The fourth-order valence-corrected chi connectivity index (χ4v) is 2.10. The zero-order chi connectivity index (χ0) is 12.3.